The van der Waals surface area contributed by atoms with E-state index in [0.29, 0.717) is 12.3 Å². The van der Waals surface area contributed by atoms with Gasteiger partial charge in [0, 0.05) is 77.6 Å². The molecule has 0 saturated carbocycles. The van der Waals surface area contributed by atoms with Gasteiger partial charge in [-0.3, -0.25) is 4.79 Å². The third-order valence-corrected chi connectivity index (χ3v) is 5.55. The number of piperazine rings is 2. The quantitative estimate of drug-likeness (QED) is 0.761. The zero-order valence-corrected chi connectivity index (χ0v) is 16.7. The average molecular weight is 377 g/mol. The molecule has 6 heteroatoms. The van der Waals surface area contributed by atoms with Crippen molar-refractivity contribution in [2.75, 3.05) is 70.3 Å². The largest absolute Gasteiger partial charge is 0.368 e. The molecule has 1 aromatic carbocycles. The molecule has 2 saturated heterocycles. The maximum absolute atomic E-state index is 13.1. The molecule has 0 radical (unpaired) electrons. The van der Waals surface area contributed by atoms with Crippen LogP contribution in [0.1, 0.15) is 20.3 Å². The second-order valence-electron chi connectivity index (χ2n) is 8.13. The number of anilines is 1. The standard InChI is InChI=1S/C21H33FN4O/c1-18(2)17-24-11-9-23(10-12-24)8-7-21(27)26-15-13-25(14-16-26)20-5-3-19(22)4-6-20/h3-6,18H,7-17H2,1-2H3. The molecule has 1 amide bonds. The summed E-state index contributed by atoms with van der Waals surface area (Å²) in [5.74, 6) is 0.766. The minimum Gasteiger partial charge on any atom is -0.368 e. The van der Waals surface area contributed by atoms with Crippen molar-refractivity contribution in [3.05, 3.63) is 30.1 Å². The highest BCUT2D eigenvalue weighted by molar-refractivity contribution is 5.76. The van der Waals surface area contributed by atoms with Gasteiger partial charge in [0.1, 0.15) is 5.82 Å². The molecule has 0 bridgehead atoms. The lowest BCUT2D eigenvalue weighted by molar-refractivity contribution is -0.131. The van der Waals surface area contributed by atoms with Crippen LogP contribution < -0.4 is 4.90 Å². The monoisotopic (exact) mass is 376 g/mol. The minimum atomic E-state index is -0.211. The van der Waals surface area contributed by atoms with Gasteiger partial charge < -0.3 is 19.6 Å². The van der Waals surface area contributed by atoms with Crippen LogP contribution in [0.4, 0.5) is 10.1 Å². The lowest BCUT2D eigenvalue weighted by Gasteiger charge is -2.37. The van der Waals surface area contributed by atoms with Crippen LogP contribution in [0.2, 0.25) is 0 Å². The topological polar surface area (TPSA) is 30.0 Å². The summed E-state index contributed by atoms with van der Waals surface area (Å²) in [6.07, 6.45) is 0.612. The van der Waals surface area contributed by atoms with Crippen molar-refractivity contribution in [3.63, 3.8) is 0 Å². The highest BCUT2D eigenvalue weighted by atomic mass is 19.1. The number of nitrogens with zero attached hydrogens (tertiary/aromatic N) is 4. The minimum absolute atomic E-state index is 0.211. The van der Waals surface area contributed by atoms with Crippen molar-refractivity contribution in [3.8, 4) is 0 Å². The molecule has 5 nitrogen and oxygen atoms in total. The van der Waals surface area contributed by atoms with Crippen molar-refractivity contribution in [1.29, 1.82) is 0 Å². The number of rotatable bonds is 6. The molecule has 0 atom stereocenters. The fraction of sp³-hybridized carbons (Fsp3) is 0.667. The zero-order chi connectivity index (χ0) is 19.2. The maximum Gasteiger partial charge on any atom is 0.223 e. The number of hydrogen-bond donors (Lipinski definition) is 0. The molecule has 0 unspecified atom stereocenters. The molecule has 0 spiro atoms. The number of halogens is 1. The lowest BCUT2D eigenvalue weighted by Crippen LogP contribution is -2.50. The Balaban J connectivity index is 1.36. The van der Waals surface area contributed by atoms with Gasteiger partial charge in [-0.05, 0) is 30.2 Å². The Morgan fingerprint density at radius 2 is 1.52 bits per heavy atom. The Morgan fingerprint density at radius 1 is 0.926 bits per heavy atom. The SMILES string of the molecule is CC(C)CN1CCN(CCC(=O)N2CCN(c3ccc(F)cc3)CC2)CC1. The molecule has 0 N–H and O–H groups in total. The lowest BCUT2D eigenvalue weighted by atomic mass is 10.2. The van der Waals surface area contributed by atoms with Crippen molar-refractivity contribution in [1.82, 2.24) is 14.7 Å². The number of carbonyl (C=O) groups excluding carboxylic acids is 1. The molecular formula is C21H33FN4O. The van der Waals surface area contributed by atoms with Crippen LogP contribution in [-0.4, -0.2) is 86.1 Å². The predicted octanol–water partition coefficient (Wildman–Crippen LogP) is 2.14. The first-order valence-electron chi connectivity index (χ1n) is 10.2. The van der Waals surface area contributed by atoms with Crippen molar-refractivity contribution >= 4 is 11.6 Å². The third-order valence-electron chi connectivity index (χ3n) is 5.55. The van der Waals surface area contributed by atoms with E-state index in [1.165, 1.54) is 18.7 Å². The van der Waals surface area contributed by atoms with Crippen molar-refractivity contribution in [2.45, 2.75) is 20.3 Å². The van der Waals surface area contributed by atoms with Crippen molar-refractivity contribution < 1.29 is 9.18 Å². The van der Waals surface area contributed by atoms with Crippen LogP contribution in [0.3, 0.4) is 0 Å². The first-order chi connectivity index (χ1) is 13.0. The highest BCUT2D eigenvalue weighted by Gasteiger charge is 2.23. The molecule has 0 aliphatic carbocycles. The Hall–Kier alpha value is -1.66. The fourth-order valence-corrected chi connectivity index (χ4v) is 3.99. The van der Waals surface area contributed by atoms with Gasteiger partial charge in [0.15, 0.2) is 0 Å². The average Bonchev–Trinajstić information content (AvgIpc) is 2.67. The van der Waals surface area contributed by atoms with Gasteiger partial charge in [0.25, 0.3) is 0 Å². The smallest absolute Gasteiger partial charge is 0.223 e. The first kappa shape index (κ1) is 20.1. The van der Waals surface area contributed by atoms with Gasteiger partial charge in [-0.2, -0.15) is 0 Å². The van der Waals surface area contributed by atoms with E-state index in [0.717, 1.165) is 64.6 Å². The summed E-state index contributed by atoms with van der Waals surface area (Å²) in [6.45, 7) is 14.1. The van der Waals surface area contributed by atoms with Gasteiger partial charge in [-0.1, -0.05) is 13.8 Å². The molecule has 2 aliphatic heterocycles. The molecule has 1 aromatic rings. The molecule has 2 fully saturated rings. The van der Waals surface area contributed by atoms with E-state index in [1.807, 2.05) is 17.0 Å². The molecule has 3 rings (SSSR count). The van der Waals surface area contributed by atoms with Crippen LogP contribution in [0.5, 0.6) is 0 Å². The van der Waals surface area contributed by atoms with Gasteiger partial charge in [0.05, 0.1) is 0 Å². The fourth-order valence-electron chi connectivity index (χ4n) is 3.99. The number of amides is 1. The van der Waals surface area contributed by atoms with E-state index in [4.69, 9.17) is 0 Å². The number of benzene rings is 1. The van der Waals surface area contributed by atoms with Crippen LogP contribution >= 0.6 is 0 Å². The molecule has 27 heavy (non-hydrogen) atoms. The second kappa shape index (κ2) is 9.51. The summed E-state index contributed by atoms with van der Waals surface area (Å²) >= 11 is 0. The molecule has 150 valence electrons. The molecule has 2 aliphatic rings. The Kier molecular flexibility index (Phi) is 7.07. The summed E-state index contributed by atoms with van der Waals surface area (Å²) in [5.41, 5.74) is 1.03. The van der Waals surface area contributed by atoms with Gasteiger partial charge in [-0.15, -0.1) is 0 Å². The van der Waals surface area contributed by atoms with Crippen molar-refractivity contribution in [2.24, 2.45) is 5.92 Å². The third kappa shape index (κ3) is 5.91. The van der Waals surface area contributed by atoms with Crippen LogP contribution in [0, 0.1) is 11.7 Å². The van der Waals surface area contributed by atoms with E-state index in [2.05, 4.69) is 28.5 Å². The van der Waals surface area contributed by atoms with Crippen LogP contribution in [0.15, 0.2) is 24.3 Å². The van der Waals surface area contributed by atoms with E-state index in [-0.39, 0.29) is 11.7 Å². The molecule has 2 heterocycles. The Morgan fingerprint density at radius 3 is 2.11 bits per heavy atom. The number of hydrogen-bond acceptors (Lipinski definition) is 4. The normalized spacial score (nSPS) is 19.7. The van der Waals surface area contributed by atoms with Crippen LogP contribution in [0.25, 0.3) is 0 Å². The van der Waals surface area contributed by atoms with Gasteiger partial charge in [-0.25, -0.2) is 4.39 Å². The molecular weight excluding hydrogens is 343 g/mol. The van der Waals surface area contributed by atoms with E-state index >= 15 is 0 Å². The van der Waals surface area contributed by atoms with Crippen LogP contribution in [-0.2, 0) is 4.79 Å². The maximum atomic E-state index is 13.1. The summed E-state index contributed by atoms with van der Waals surface area (Å²) in [5, 5.41) is 0. The Labute approximate surface area is 162 Å². The van der Waals surface area contributed by atoms with E-state index in [1.54, 1.807) is 0 Å². The summed E-state index contributed by atoms with van der Waals surface area (Å²) in [7, 11) is 0. The number of carbonyl (C=O) groups is 1. The summed E-state index contributed by atoms with van der Waals surface area (Å²) < 4.78 is 13.1. The Bertz CT molecular complexity index is 591. The zero-order valence-electron chi connectivity index (χ0n) is 16.7. The van der Waals surface area contributed by atoms with E-state index < -0.39 is 0 Å². The predicted molar refractivity (Wildman–Crippen MR) is 108 cm³/mol. The molecule has 0 aromatic heterocycles. The van der Waals surface area contributed by atoms with E-state index in [9.17, 15) is 9.18 Å². The van der Waals surface area contributed by atoms with Gasteiger partial charge >= 0.3 is 0 Å². The summed E-state index contributed by atoms with van der Waals surface area (Å²) in [6, 6.07) is 6.61. The first-order valence-corrected chi connectivity index (χ1v) is 10.2. The highest BCUT2D eigenvalue weighted by Crippen LogP contribution is 2.17. The summed E-state index contributed by atoms with van der Waals surface area (Å²) in [4.78, 5) is 21.7. The van der Waals surface area contributed by atoms with Gasteiger partial charge in [0.2, 0.25) is 5.91 Å². The second-order valence-corrected chi connectivity index (χ2v) is 8.13.